The van der Waals surface area contributed by atoms with Gasteiger partial charge in [0.25, 0.3) is 5.91 Å². The Balaban J connectivity index is 1.52. The van der Waals surface area contributed by atoms with Crippen LogP contribution in [-0.4, -0.2) is 17.6 Å². The Morgan fingerprint density at radius 3 is 2.06 bits per heavy atom. The molecule has 180 valence electrons. The minimum Gasteiger partial charge on any atom is -0.325 e. The molecule has 0 radical (unpaired) electrons. The summed E-state index contributed by atoms with van der Waals surface area (Å²) in [5.41, 5.74) is 2.88. The third kappa shape index (κ3) is 6.46. The van der Waals surface area contributed by atoms with E-state index in [1.165, 1.54) is 43.0 Å². The minimum atomic E-state index is -0.568. The van der Waals surface area contributed by atoms with E-state index in [2.05, 4.69) is 10.6 Å². The van der Waals surface area contributed by atoms with E-state index in [9.17, 15) is 18.8 Å². The maximum absolute atomic E-state index is 13.3. The molecule has 7 heteroatoms. The van der Waals surface area contributed by atoms with E-state index in [1.807, 2.05) is 36.4 Å². The van der Waals surface area contributed by atoms with Crippen molar-refractivity contribution in [1.82, 2.24) is 0 Å². The molecule has 4 aromatic carbocycles. The van der Waals surface area contributed by atoms with Gasteiger partial charge in [-0.15, -0.1) is 11.8 Å². The first-order valence-corrected chi connectivity index (χ1v) is 12.1. The van der Waals surface area contributed by atoms with E-state index in [0.717, 1.165) is 10.5 Å². The largest absolute Gasteiger partial charge is 0.325 e. The molecule has 0 saturated carbocycles. The van der Waals surface area contributed by atoms with Crippen LogP contribution >= 0.6 is 11.8 Å². The molecule has 2 N–H and O–H groups in total. The first-order chi connectivity index (χ1) is 17.4. The van der Waals surface area contributed by atoms with Crippen LogP contribution in [0.5, 0.6) is 0 Å². The molecule has 4 rings (SSSR count). The lowest BCUT2D eigenvalue weighted by atomic mass is 10.1. The summed E-state index contributed by atoms with van der Waals surface area (Å²) >= 11 is 1.35. The average molecular weight is 499 g/mol. The fraction of sp³-hybridized carbons (Fsp3) is 0.0690. The standard InChI is InChI=1S/C29H23FN2O3S/c1-19(33)20-12-16-24(17-13-20)31-29(35)27(21-6-3-2-4-7-21)36-26-9-5-8-25(18-26)32-28(34)22-10-14-23(30)15-11-22/h2-18,27H,1H3,(H,31,35)(H,32,34). The quantitative estimate of drug-likeness (QED) is 0.208. The van der Waals surface area contributed by atoms with Crippen molar-refractivity contribution in [2.45, 2.75) is 17.1 Å². The number of anilines is 2. The number of hydrogen-bond donors (Lipinski definition) is 2. The Kier molecular flexibility index (Phi) is 7.92. The summed E-state index contributed by atoms with van der Waals surface area (Å²) in [6, 6.07) is 28.7. The zero-order chi connectivity index (χ0) is 25.5. The number of carbonyl (C=O) groups excluding carboxylic acids is 3. The van der Waals surface area contributed by atoms with Gasteiger partial charge in [0.15, 0.2) is 5.78 Å². The number of amides is 2. The second-order valence-electron chi connectivity index (χ2n) is 8.02. The zero-order valence-electron chi connectivity index (χ0n) is 19.4. The molecular formula is C29H23FN2O3S. The number of Topliss-reactive ketones (excluding diaryl/α,β-unsaturated/α-hetero) is 1. The summed E-state index contributed by atoms with van der Waals surface area (Å²) in [4.78, 5) is 38.2. The van der Waals surface area contributed by atoms with Crippen molar-refractivity contribution >= 4 is 40.7 Å². The lowest BCUT2D eigenvalue weighted by Gasteiger charge is -2.18. The van der Waals surface area contributed by atoms with E-state index in [4.69, 9.17) is 0 Å². The predicted octanol–water partition coefficient (Wildman–Crippen LogP) is 6.75. The van der Waals surface area contributed by atoms with Crippen LogP contribution in [0.3, 0.4) is 0 Å². The fourth-order valence-electron chi connectivity index (χ4n) is 3.48. The van der Waals surface area contributed by atoms with Gasteiger partial charge in [-0.3, -0.25) is 14.4 Å². The molecule has 0 aromatic heterocycles. The predicted molar refractivity (Wildman–Crippen MR) is 141 cm³/mol. The smallest absolute Gasteiger partial charge is 0.255 e. The van der Waals surface area contributed by atoms with Crippen LogP contribution in [0, 0.1) is 5.82 Å². The molecule has 0 heterocycles. The highest BCUT2D eigenvalue weighted by Crippen LogP contribution is 2.37. The second kappa shape index (κ2) is 11.5. The third-order valence-corrected chi connectivity index (χ3v) is 6.60. The highest BCUT2D eigenvalue weighted by atomic mass is 32.2. The van der Waals surface area contributed by atoms with E-state index in [1.54, 1.807) is 42.5 Å². The molecule has 2 amide bonds. The normalized spacial score (nSPS) is 11.4. The van der Waals surface area contributed by atoms with Gasteiger partial charge < -0.3 is 10.6 Å². The summed E-state index contributed by atoms with van der Waals surface area (Å²) in [6.45, 7) is 1.49. The van der Waals surface area contributed by atoms with Gasteiger partial charge in [0.2, 0.25) is 5.91 Å². The van der Waals surface area contributed by atoms with Crippen LogP contribution in [0.4, 0.5) is 15.8 Å². The van der Waals surface area contributed by atoms with Crippen molar-refractivity contribution < 1.29 is 18.8 Å². The number of carbonyl (C=O) groups is 3. The third-order valence-electron chi connectivity index (χ3n) is 5.35. The molecule has 0 aliphatic carbocycles. The van der Waals surface area contributed by atoms with Gasteiger partial charge in [-0.1, -0.05) is 36.4 Å². The zero-order valence-corrected chi connectivity index (χ0v) is 20.2. The molecular weight excluding hydrogens is 475 g/mol. The maximum atomic E-state index is 13.3. The van der Waals surface area contributed by atoms with Crippen molar-refractivity contribution in [3.63, 3.8) is 0 Å². The topological polar surface area (TPSA) is 75.3 Å². The van der Waals surface area contributed by atoms with E-state index in [0.29, 0.717) is 22.5 Å². The lowest BCUT2D eigenvalue weighted by Crippen LogP contribution is -2.19. The number of halogens is 1. The molecule has 5 nitrogen and oxygen atoms in total. The molecule has 0 fully saturated rings. The highest BCUT2D eigenvalue weighted by Gasteiger charge is 2.22. The molecule has 0 saturated heterocycles. The van der Waals surface area contributed by atoms with Crippen LogP contribution in [0.2, 0.25) is 0 Å². The van der Waals surface area contributed by atoms with Crippen LogP contribution in [-0.2, 0) is 4.79 Å². The first-order valence-electron chi connectivity index (χ1n) is 11.2. The average Bonchev–Trinajstić information content (AvgIpc) is 2.88. The monoisotopic (exact) mass is 498 g/mol. The van der Waals surface area contributed by atoms with Crippen LogP contribution in [0.1, 0.15) is 38.5 Å². The summed E-state index contributed by atoms with van der Waals surface area (Å²) in [5.74, 6) is -1.03. The van der Waals surface area contributed by atoms with Crippen molar-refractivity contribution in [2.24, 2.45) is 0 Å². The molecule has 0 aliphatic heterocycles. The van der Waals surface area contributed by atoms with Gasteiger partial charge in [-0.2, -0.15) is 0 Å². The SMILES string of the molecule is CC(=O)c1ccc(NC(=O)C(Sc2cccc(NC(=O)c3ccc(F)cc3)c2)c2ccccc2)cc1. The Bertz CT molecular complexity index is 1370. The number of rotatable bonds is 8. The summed E-state index contributed by atoms with van der Waals surface area (Å²) in [7, 11) is 0. The van der Waals surface area contributed by atoms with E-state index in [-0.39, 0.29) is 17.6 Å². The van der Waals surface area contributed by atoms with Crippen molar-refractivity contribution in [3.05, 3.63) is 126 Å². The van der Waals surface area contributed by atoms with Gasteiger partial charge >= 0.3 is 0 Å². The van der Waals surface area contributed by atoms with Crippen molar-refractivity contribution in [3.8, 4) is 0 Å². The van der Waals surface area contributed by atoms with E-state index >= 15 is 0 Å². The molecule has 36 heavy (non-hydrogen) atoms. The van der Waals surface area contributed by atoms with Gasteiger partial charge in [0.05, 0.1) is 0 Å². The molecule has 0 bridgehead atoms. The number of benzene rings is 4. The molecule has 0 aliphatic rings. The number of thioether (sulfide) groups is 1. The number of ketones is 1. The Labute approximate surface area is 212 Å². The Morgan fingerprint density at radius 2 is 1.39 bits per heavy atom. The van der Waals surface area contributed by atoms with Gasteiger partial charge in [0.1, 0.15) is 11.1 Å². The summed E-state index contributed by atoms with van der Waals surface area (Å²) < 4.78 is 13.2. The van der Waals surface area contributed by atoms with Crippen molar-refractivity contribution in [1.29, 1.82) is 0 Å². The Morgan fingerprint density at radius 1 is 0.722 bits per heavy atom. The second-order valence-corrected chi connectivity index (χ2v) is 9.20. The van der Waals surface area contributed by atoms with Crippen LogP contribution in [0.25, 0.3) is 0 Å². The van der Waals surface area contributed by atoms with E-state index < -0.39 is 11.1 Å². The minimum absolute atomic E-state index is 0.0444. The number of hydrogen-bond acceptors (Lipinski definition) is 4. The van der Waals surface area contributed by atoms with Crippen LogP contribution in [0.15, 0.2) is 108 Å². The Hall–Kier alpha value is -4.23. The summed E-state index contributed by atoms with van der Waals surface area (Å²) in [6.07, 6.45) is 0. The van der Waals surface area contributed by atoms with Gasteiger partial charge in [0, 0.05) is 27.4 Å². The summed E-state index contributed by atoms with van der Waals surface area (Å²) in [5, 5.41) is 5.17. The molecule has 1 unspecified atom stereocenters. The van der Waals surface area contributed by atoms with Crippen molar-refractivity contribution in [2.75, 3.05) is 10.6 Å². The van der Waals surface area contributed by atoms with Gasteiger partial charge in [-0.25, -0.2) is 4.39 Å². The molecule has 1 atom stereocenters. The lowest BCUT2D eigenvalue weighted by molar-refractivity contribution is -0.115. The maximum Gasteiger partial charge on any atom is 0.255 e. The molecule has 0 spiro atoms. The van der Waals surface area contributed by atoms with Gasteiger partial charge in [-0.05, 0) is 79.2 Å². The fourth-order valence-corrected chi connectivity index (χ4v) is 4.57. The number of nitrogens with one attached hydrogen (secondary N) is 2. The molecule has 4 aromatic rings. The van der Waals surface area contributed by atoms with Crippen LogP contribution < -0.4 is 10.6 Å². The first kappa shape index (κ1) is 24.9. The highest BCUT2D eigenvalue weighted by molar-refractivity contribution is 8.00.